The number of hydrogen-bond acceptors (Lipinski definition) is 7. The molecule has 0 aliphatic carbocycles. The summed E-state index contributed by atoms with van der Waals surface area (Å²) in [6, 6.07) is 0. The van der Waals surface area contributed by atoms with Gasteiger partial charge in [-0.05, 0) is 32.1 Å². The molecule has 1 aromatic rings. The van der Waals surface area contributed by atoms with Gasteiger partial charge in [-0.1, -0.05) is 0 Å². The van der Waals surface area contributed by atoms with Gasteiger partial charge in [0.25, 0.3) is 5.88 Å². The second-order valence-corrected chi connectivity index (χ2v) is 5.78. The molecule has 3 rings (SSSR count). The maximum atomic E-state index is 12.1. The highest BCUT2D eigenvalue weighted by molar-refractivity contribution is 6.99. The van der Waals surface area contributed by atoms with Gasteiger partial charge in [-0.2, -0.15) is 4.37 Å². The molecule has 1 aromatic heterocycles. The van der Waals surface area contributed by atoms with Crippen LogP contribution in [0.2, 0.25) is 0 Å². The van der Waals surface area contributed by atoms with Crippen LogP contribution in [0.1, 0.15) is 32.1 Å². The zero-order valence-corrected chi connectivity index (χ0v) is 12.2. The van der Waals surface area contributed by atoms with E-state index in [9.17, 15) is 4.79 Å². The van der Waals surface area contributed by atoms with Crippen molar-refractivity contribution < 1.29 is 14.3 Å². The van der Waals surface area contributed by atoms with Gasteiger partial charge in [0.05, 0.1) is 17.6 Å². The summed E-state index contributed by atoms with van der Waals surface area (Å²) in [6.07, 6.45) is 5.03. The summed E-state index contributed by atoms with van der Waals surface area (Å²) in [5.74, 6) is 0.849. The molecule has 0 aromatic carbocycles. The van der Waals surface area contributed by atoms with Gasteiger partial charge in [0.1, 0.15) is 0 Å². The number of aromatic nitrogens is 2. The minimum atomic E-state index is -0.195. The molecule has 6 nitrogen and oxygen atoms in total. The van der Waals surface area contributed by atoms with Crippen molar-refractivity contribution in [2.75, 3.05) is 31.2 Å². The normalized spacial score (nSPS) is 20.9. The van der Waals surface area contributed by atoms with Gasteiger partial charge in [0.2, 0.25) is 5.82 Å². The van der Waals surface area contributed by atoms with Crippen molar-refractivity contribution in [2.45, 2.75) is 32.1 Å². The zero-order chi connectivity index (χ0) is 13.8. The summed E-state index contributed by atoms with van der Waals surface area (Å²) < 4.78 is 19.2. The summed E-state index contributed by atoms with van der Waals surface area (Å²) in [5.41, 5.74) is 0. The van der Waals surface area contributed by atoms with Crippen molar-refractivity contribution in [3.05, 3.63) is 0 Å². The molecule has 2 fully saturated rings. The number of piperidine rings is 1. The molecule has 2 saturated heterocycles. The van der Waals surface area contributed by atoms with Gasteiger partial charge in [0.15, 0.2) is 0 Å². The standard InChI is InChI=1S/C13H19N3O3S/c17-13(10-4-8-18-9-5-10)19-12-11(14-20-15-12)16-6-2-1-3-7-16/h10H,1-9H2. The molecule has 0 spiro atoms. The largest absolute Gasteiger partial charge is 0.402 e. The van der Waals surface area contributed by atoms with Gasteiger partial charge < -0.3 is 14.4 Å². The lowest BCUT2D eigenvalue weighted by Crippen LogP contribution is -2.31. The van der Waals surface area contributed by atoms with E-state index in [2.05, 4.69) is 13.6 Å². The van der Waals surface area contributed by atoms with Crippen LogP contribution in [0, 0.1) is 5.92 Å². The summed E-state index contributed by atoms with van der Waals surface area (Å²) in [5, 5.41) is 0. The van der Waals surface area contributed by atoms with Crippen molar-refractivity contribution in [3.8, 4) is 5.88 Å². The molecule has 0 saturated carbocycles. The SMILES string of the molecule is O=C(Oc1nsnc1N1CCCCC1)C1CCOCC1. The average Bonchev–Trinajstić information content (AvgIpc) is 2.97. The Balaban J connectivity index is 1.65. The van der Waals surface area contributed by atoms with E-state index in [0.717, 1.165) is 56.3 Å². The Hall–Kier alpha value is -1.21. The fourth-order valence-corrected chi connectivity index (χ4v) is 3.16. The maximum Gasteiger partial charge on any atom is 0.315 e. The lowest BCUT2D eigenvalue weighted by Gasteiger charge is -2.26. The summed E-state index contributed by atoms with van der Waals surface area (Å²) in [6.45, 7) is 3.20. The third-order valence-electron chi connectivity index (χ3n) is 3.85. The van der Waals surface area contributed by atoms with E-state index in [1.165, 1.54) is 6.42 Å². The second-order valence-electron chi connectivity index (χ2n) is 5.25. The Morgan fingerprint density at radius 2 is 1.95 bits per heavy atom. The van der Waals surface area contributed by atoms with Crippen LogP contribution in [0.15, 0.2) is 0 Å². The Kier molecular flexibility index (Phi) is 4.47. The van der Waals surface area contributed by atoms with Crippen LogP contribution in [-0.2, 0) is 9.53 Å². The van der Waals surface area contributed by atoms with Crippen LogP contribution in [0.4, 0.5) is 5.82 Å². The van der Waals surface area contributed by atoms with Crippen LogP contribution in [0.3, 0.4) is 0 Å². The van der Waals surface area contributed by atoms with E-state index in [1.807, 2.05) is 0 Å². The Bertz CT molecular complexity index is 453. The maximum absolute atomic E-state index is 12.1. The Morgan fingerprint density at radius 3 is 2.70 bits per heavy atom. The Labute approximate surface area is 122 Å². The monoisotopic (exact) mass is 297 g/mol. The molecule has 3 heterocycles. The Morgan fingerprint density at radius 1 is 1.20 bits per heavy atom. The molecule has 0 radical (unpaired) electrons. The number of hydrogen-bond donors (Lipinski definition) is 0. The summed E-state index contributed by atoms with van der Waals surface area (Å²) in [4.78, 5) is 14.3. The highest BCUT2D eigenvalue weighted by atomic mass is 32.1. The molecule has 7 heteroatoms. The summed E-state index contributed by atoms with van der Waals surface area (Å²) >= 11 is 1.10. The van der Waals surface area contributed by atoms with Crippen molar-refractivity contribution in [1.29, 1.82) is 0 Å². The highest BCUT2D eigenvalue weighted by Crippen LogP contribution is 2.29. The number of carbonyl (C=O) groups is 1. The minimum absolute atomic E-state index is 0.0698. The van der Waals surface area contributed by atoms with Gasteiger partial charge >= 0.3 is 5.97 Å². The van der Waals surface area contributed by atoms with Gasteiger partial charge in [-0.3, -0.25) is 4.79 Å². The third kappa shape index (κ3) is 3.09. The topological polar surface area (TPSA) is 64.5 Å². The molecular formula is C13H19N3O3S. The first kappa shape index (κ1) is 13.8. The smallest absolute Gasteiger partial charge is 0.315 e. The number of rotatable bonds is 3. The molecule has 2 aliphatic rings. The van der Waals surface area contributed by atoms with Gasteiger partial charge in [-0.15, -0.1) is 4.37 Å². The van der Waals surface area contributed by atoms with E-state index < -0.39 is 0 Å². The first-order valence-electron chi connectivity index (χ1n) is 7.21. The average molecular weight is 297 g/mol. The zero-order valence-electron chi connectivity index (χ0n) is 11.4. The molecule has 0 amide bonds. The van der Waals surface area contributed by atoms with E-state index in [4.69, 9.17) is 9.47 Å². The molecule has 20 heavy (non-hydrogen) atoms. The van der Waals surface area contributed by atoms with Crippen LogP contribution in [0.25, 0.3) is 0 Å². The molecular weight excluding hydrogens is 278 g/mol. The van der Waals surface area contributed by atoms with E-state index in [-0.39, 0.29) is 11.9 Å². The van der Waals surface area contributed by atoms with Crippen molar-refractivity contribution >= 4 is 23.5 Å². The predicted molar refractivity (Wildman–Crippen MR) is 75.2 cm³/mol. The predicted octanol–water partition coefficient (Wildman–Crippen LogP) is 1.86. The van der Waals surface area contributed by atoms with E-state index >= 15 is 0 Å². The van der Waals surface area contributed by atoms with E-state index in [1.54, 1.807) is 0 Å². The number of esters is 1. The second kappa shape index (κ2) is 6.49. The number of anilines is 1. The lowest BCUT2D eigenvalue weighted by molar-refractivity contribution is -0.142. The fraction of sp³-hybridized carbons (Fsp3) is 0.769. The van der Waals surface area contributed by atoms with E-state index in [0.29, 0.717) is 19.1 Å². The summed E-state index contributed by atoms with van der Waals surface area (Å²) in [7, 11) is 0. The van der Waals surface area contributed by atoms with Gasteiger partial charge in [0, 0.05) is 26.3 Å². The number of nitrogens with zero attached hydrogens (tertiary/aromatic N) is 3. The van der Waals surface area contributed by atoms with Crippen LogP contribution in [0.5, 0.6) is 5.88 Å². The van der Waals surface area contributed by atoms with Gasteiger partial charge in [-0.25, -0.2) is 0 Å². The van der Waals surface area contributed by atoms with Crippen molar-refractivity contribution in [3.63, 3.8) is 0 Å². The minimum Gasteiger partial charge on any atom is -0.402 e. The molecule has 110 valence electrons. The molecule has 0 unspecified atom stereocenters. The molecule has 0 atom stereocenters. The molecule has 2 aliphatic heterocycles. The highest BCUT2D eigenvalue weighted by Gasteiger charge is 2.27. The first-order chi connectivity index (χ1) is 9.84. The van der Waals surface area contributed by atoms with Crippen LogP contribution >= 0.6 is 11.7 Å². The number of ether oxygens (including phenoxy) is 2. The lowest BCUT2D eigenvalue weighted by atomic mass is 10.0. The fourth-order valence-electron chi connectivity index (χ4n) is 2.65. The van der Waals surface area contributed by atoms with Crippen molar-refractivity contribution in [1.82, 2.24) is 8.75 Å². The first-order valence-corrected chi connectivity index (χ1v) is 7.94. The molecule has 0 bridgehead atoms. The van der Waals surface area contributed by atoms with Crippen LogP contribution < -0.4 is 9.64 Å². The number of carbonyl (C=O) groups excluding carboxylic acids is 1. The van der Waals surface area contributed by atoms with Crippen LogP contribution in [-0.4, -0.2) is 41.0 Å². The molecule has 0 N–H and O–H groups in total. The van der Waals surface area contributed by atoms with Crippen molar-refractivity contribution in [2.24, 2.45) is 5.92 Å². The quantitative estimate of drug-likeness (QED) is 0.794. The third-order valence-corrected chi connectivity index (χ3v) is 4.35.